The number of ketones is 1. The quantitative estimate of drug-likeness (QED) is 0.653. The number of allylic oxidation sites excluding steroid dienone is 2. The minimum atomic E-state index is 0.337. The summed E-state index contributed by atoms with van der Waals surface area (Å²) in [5, 5.41) is 0. The maximum absolute atomic E-state index is 11.6. The van der Waals surface area contributed by atoms with Crippen molar-refractivity contribution in [2.45, 2.75) is 53.4 Å². The highest BCUT2D eigenvalue weighted by atomic mass is 16.1. The summed E-state index contributed by atoms with van der Waals surface area (Å²) in [7, 11) is 0. The largest absolute Gasteiger partial charge is 0.295 e. The van der Waals surface area contributed by atoms with Crippen LogP contribution < -0.4 is 0 Å². The first-order valence-corrected chi connectivity index (χ1v) is 6.67. The number of hydrogen-bond donors (Lipinski definition) is 0. The molecule has 1 spiro atoms. The van der Waals surface area contributed by atoms with Crippen LogP contribution >= 0.6 is 0 Å². The molecule has 0 aromatic heterocycles. The fourth-order valence-electron chi connectivity index (χ4n) is 3.82. The van der Waals surface area contributed by atoms with Gasteiger partial charge in [0.2, 0.25) is 0 Å². The summed E-state index contributed by atoms with van der Waals surface area (Å²) < 4.78 is 0. The topological polar surface area (TPSA) is 17.1 Å². The number of carbonyl (C=O) groups excluding carboxylic acids is 1. The Kier molecular flexibility index (Phi) is 2.98. The van der Waals surface area contributed by atoms with Crippen molar-refractivity contribution in [1.82, 2.24) is 0 Å². The molecule has 0 bridgehead atoms. The number of rotatable bonds is 1. The van der Waals surface area contributed by atoms with Gasteiger partial charge >= 0.3 is 0 Å². The van der Waals surface area contributed by atoms with Crippen LogP contribution in [0.2, 0.25) is 0 Å². The summed E-state index contributed by atoms with van der Waals surface area (Å²) in [6, 6.07) is 0. The minimum Gasteiger partial charge on any atom is -0.295 e. The van der Waals surface area contributed by atoms with Gasteiger partial charge in [0.25, 0.3) is 0 Å². The number of hydrogen-bond acceptors (Lipinski definition) is 1. The van der Waals surface area contributed by atoms with Crippen LogP contribution in [0.4, 0.5) is 0 Å². The maximum atomic E-state index is 11.6. The van der Waals surface area contributed by atoms with Crippen LogP contribution in [0.3, 0.4) is 0 Å². The van der Waals surface area contributed by atoms with Crippen LogP contribution in [0.1, 0.15) is 53.4 Å². The second kappa shape index (κ2) is 4.01. The second-order valence-corrected chi connectivity index (χ2v) is 6.30. The third-order valence-corrected chi connectivity index (χ3v) is 5.14. The van der Waals surface area contributed by atoms with Crippen molar-refractivity contribution in [2.75, 3.05) is 0 Å². The third-order valence-electron chi connectivity index (χ3n) is 5.14. The van der Waals surface area contributed by atoms with Crippen LogP contribution in [-0.2, 0) is 4.79 Å². The second-order valence-electron chi connectivity index (χ2n) is 6.30. The van der Waals surface area contributed by atoms with Crippen LogP contribution in [-0.4, -0.2) is 5.78 Å². The Labute approximate surface area is 99.3 Å². The Hall–Kier alpha value is -0.590. The summed E-state index contributed by atoms with van der Waals surface area (Å²) in [5.74, 6) is 2.54. The van der Waals surface area contributed by atoms with Crippen molar-refractivity contribution < 1.29 is 4.79 Å². The van der Waals surface area contributed by atoms with Gasteiger partial charge in [-0.25, -0.2) is 0 Å². The van der Waals surface area contributed by atoms with Crippen molar-refractivity contribution in [3.05, 3.63) is 11.6 Å². The zero-order valence-corrected chi connectivity index (χ0v) is 11.0. The van der Waals surface area contributed by atoms with Gasteiger partial charge in [0.05, 0.1) is 0 Å². The van der Waals surface area contributed by atoms with E-state index in [-0.39, 0.29) is 0 Å². The van der Waals surface area contributed by atoms with E-state index in [9.17, 15) is 4.79 Å². The number of carbonyl (C=O) groups is 1. The molecule has 0 N–H and O–H groups in total. The molecule has 1 saturated carbocycles. The first-order chi connectivity index (χ1) is 7.45. The highest BCUT2D eigenvalue weighted by molar-refractivity contribution is 5.91. The molecule has 1 fully saturated rings. The Morgan fingerprint density at radius 2 is 2.12 bits per heavy atom. The highest BCUT2D eigenvalue weighted by Crippen LogP contribution is 2.56. The normalized spacial score (nSPS) is 39.6. The Morgan fingerprint density at radius 3 is 2.62 bits per heavy atom. The van der Waals surface area contributed by atoms with Gasteiger partial charge in [-0.15, -0.1) is 0 Å². The monoisotopic (exact) mass is 220 g/mol. The Bertz CT molecular complexity index is 326. The molecule has 90 valence electrons. The van der Waals surface area contributed by atoms with E-state index in [0.717, 1.165) is 18.3 Å². The van der Waals surface area contributed by atoms with E-state index >= 15 is 0 Å². The average Bonchev–Trinajstić information content (AvgIpc) is 2.60. The van der Waals surface area contributed by atoms with Crippen molar-refractivity contribution in [1.29, 1.82) is 0 Å². The zero-order chi connectivity index (χ0) is 11.9. The van der Waals surface area contributed by atoms with Crippen molar-refractivity contribution in [2.24, 2.45) is 23.2 Å². The molecular formula is C15H24O. The summed E-state index contributed by atoms with van der Waals surface area (Å²) in [6.45, 7) is 9.12. The van der Waals surface area contributed by atoms with Crippen LogP contribution in [0.5, 0.6) is 0 Å². The van der Waals surface area contributed by atoms with E-state index in [4.69, 9.17) is 0 Å². The molecule has 0 aromatic rings. The molecule has 0 radical (unpaired) electrons. The molecule has 2 aliphatic rings. The molecule has 0 amide bonds. The van der Waals surface area contributed by atoms with Gasteiger partial charge in [-0.2, -0.15) is 0 Å². The molecule has 2 aliphatic carbocycles. The van der Waals surface area contributed by atoms with Gasteiger partial charge in [0.1, 0.15) is 0 Å². The van der Waals surface area contributed by atoms with Gasteiger partial charge in [-0.05, 0) is 55.4 Å². The van der Waals surface area contributed by atoms with E-state index < -0.39 is 0 Å². The van der Waals surface area contributed by atoms with E-state index in [1.165, 1.54) is 24.8 Å². The van der Waals surface area contributed by atoms with Crippen LogP contribution in [0.15, 0.2) is 11.6 Å². The predicted octanol–water partition coefficient (Wildman–Crippen LogP) is 3.98. The molecule has 0 saturated heterocycles. The molecule has 1 nitrogen and oxygen atoms in total. The summed E-state index contributed by atoms with van der Waals surface area (Å²) >= 11 is 0. The van der Waals surface area contributed by atoms with Gasteiger partial charge in [-0.1, -0.05) is 26.3 Å². The smallest absolute Gasteiger partial charge is 0.155 e. The van der Waals surface area contributed by atoms with Crippen LogP contribution in [0.25, 0.3) is 0 Å². The molecule has 0 aliphatic heterocycles. The average molecular weight is 220 g/mol. The summed E-state index contributed by atoms with van der Waals surface area (Å²) in [6.07, 6.45) is 6.64. The lowest BCUT2D eigenvalue weighted by atomic mass is 9.64. The molecule has 2 rings (SSSR count). The molecular weight excluding hydrogens is 196 g/mol. The van der Waals surface area contributed by atoms with Crippen molar-refractivity contribution in [3.63, 3.8) is 0 Å². The third kappa shape index (κ3) is 1.74. The molecule has 0 heterocycles. The van der Waals surface area contributed by atoms with Crippen molar-refractivity contribution in [3.8, 4) is 0 Å². The maximum Gasteiger partial charge on any atom is 0.155 e. The zero-order valence-electron chi connectivity index (χ0n) is 11.0. The SMILES string of the molecule is CC1=CC(=O)C[C@@H](C)[C@@]12CC[C@@H](C(C)C)C2. The standard InChI is InChI=1S/C15H24O/c1-10(2)13-5-6-15(9-13)11(3)7-14(16)8-12(15)4/h7,10,12-13H,5-6,8-9H2,1-4H3/t12-,13-,15-/m1/s1. The van der Waals surface area contributed by atoms with Gasteiger partial charge in [-0.3, -0.25) is 4.79 Å². The molecule has 1 heteroatoms. The lowest BCUT2D eigenvalue weighted by molar-refractivity contribution is -0.117. The van der Waals surface area contributed by atoms with E-state index in [2.05, 4.69) is 27.7 Å². The summed E-state index contributed by atoms with van der Waals surface area (Å²) in [4.78, 5) is 11.6. The Morgan fingerprint density at radius 1 is 1.44 bits per heavy atom. The summed E-state index contributed by atoms with van der Waals surface area (Å²) in [5.41, 5.74) is 1.72. The molecule has 16 heavy (non-hydrogen) atoms. The minimum absolute atomic E-state index is 0.337. The predicted molar refractivity (Wildman–Crippen MR) is 67.2 cm³/mol. The highest BCUT2D eigenvalue weighted by Gasteiger charge is 2.47. The Balaban J connectivity index is 2.25. The van der Waals surface area contributed by atoms with Gasteiger partial charge < -0.3 is 0 Å². The molecule has 3 atom stereocenters. The van der Waals surface area contributed by atoms with E-state index in [0.29, 0.717) is 17.1 Å². The van der Waals surface area contributed by atoms with Gasteiger partial charge in [0.15, 0.2) is 5.78 Å². The molecule has 0 aromatic carbocycles. The first-order valence-electron chi connectivity index (χ1n) is 6.67. The van der Waals surface area contributed by atoms with E-state index in [1.54, 1.807) is 0 Å². The fourth-order valence-corrected chi connectivity index (χ4v) is 3.82. The lowest BCUT2D eigenvalue weighted by Crippen LogP contribution is -2.33. The fraction of sp³-hybridized carbons (Fsp3) is 0.800. The van der Waals surface area contributed by atoms with Crippen LogP contribution in [0, 0.1) is 23.2 Å². The van der Waals surface area contributed by atoms with Gasteiger partial charge in [0, 0.05) is 6.42 Å². The molecule has 0 unspecified atom stereocenters. The lowest BCUT2D eigenvalue weighted by Gasteiger charge is -2.40. The first kappa shape index (κ1) is 11.9. The van der Waals surface area contributed by atoms with Crippen molar-refractivity contribution >= 4 is 5.78 Å². The van der Waals surface area contributed by atoms with E-state index in [1.807, 2.05) is 6.08 Å².